The molecule has 0 saturated heterocycles. The van der Waals surface area contributed by atoms with E-state index in [9.17, 15) is 0 Å². The standard InChI is InChI=1S/C32H26/c1-23-11-3-5-13-25(23)19-21-31-27-15-7-9-17-29(27)32(30-18-10-8-16-28(30)31)22-20-26-14-6-4-12-24(26)2/h3-22H,1-2H3. The van der Waals surface area contributed by atoms with Crippen molar-refractivity contribution in [2.24, 2.45) is 0 Å². The van der Waals surface area contributed by atoms with E-state index < -0.39 is 0 Å². The molecule has 0 saturated carbocycles. The SMILES string of the molecule is Cc1ccccc1C=Cc1c2ccccc2c(C=Cc2ccccc2C)c2ccccc12. The van der Waals surface area contributed by atoms with Gasteiger partial charge in [-0.1, -0.05) is 121 Å². The molecule has 5 rings (SSSR count). The van der Waals surface area contributed by atoms with Crippen LogP contribution in [-0.2, 0) is 0 Å². The monoisotopic (exact) mass is 410 g/mol. The minimum absolute atomic E-state index is 1.25. The van der Waals surface area contributed by atoms with E-state index in [1.165, 1.54) is 54.9 Å². The molecule has 0 aliphatic rings. The summed E-state index contributed by atoms with van der Waals surface area (Å²) in [7, 11) is 0. The van der Waals surface area contributed by atoms with Gasteiger partial charge in [0.25, 0.3) is 0 Å². The van der Waals surface area contributed by atoms with Gasteiger partial charge in [-0.3, -0.25) is 0 Å². The molecule has 0 radical (unpaired) electrons. The van der Waals surface area contributed by atoms with Gasteiger partial charge in [0.05, 0.1) is 0 Å². The van der Waals surface area contributed by atoms with Crippen LogP contribution in [0.2, 0.25) is 0 Å². The first kappa shape index (κ1) is 20.0. The Hall–Kier alpha value is -3.90. The fourth-order valence-corrected chi connectivity index (χ4v) is 4.45. The Bertz CT molecular complexity index is 1310. The Balaban J connectivity index is 1.74. The van der Waals surface area contributed by atoms with Crippen LogP contribution in [-0.4, -0.2) is 0 Å². The zero-order chi connectivity index (χ0) is 21.9. The van der Waals surface area contributed by atoms with E-state index in [4.69, 9.17) is 0 Å². The van der Waals surface area contributed by atoms with Gasteiger partial charge in [0.1, 0.15) is 0 Å². The maximum atomic E-state index is 2.28. The highest BCUT2D eigenvalue weighted by Gasteiger charge is 2.10. The van der Waals surface area contributed by atoms with Crippen molar-refractivity contribution in [3.05, 3.63) is 130 Å². The summed E-state index contributed by atoms with van der Waals surface area (Å²) in [6.07, 6.45) is 9.04. The molecule has 0 N–H and O–H groups in total. The molecule has 0 unspecified atom stereocenters. The van der Waals surface area contributed by atoms with Crippen molar-refractivity contribution in [1.82, 2.24) is 0 Å². The number of benzene rings is 5. The molecule has 0 aliphatic heterocycles. The topological polar surface area (TPSA) is 0 Å². The van der Waals surface area contributed by atoms with E-state index in [0.29, 0.717) is 0 Å². The highest BCUT2D eigenvalue weighted by atomic mass is 14.1. The third-order valence-electron chi connectivity index (χ3n) is 6.25. The molecule has 5 aromatic carbocycles. The Morgan fingerprint density at radius 1 is 0.375 bits per heavy atom. The van der Waals surface area contributed by atoms with Gasteiger partial charge < -0.3 is 0 Å². The van der Waals surface area contributed by atoms with E-state index in [1.807, 2.05) is 0 Å². The maximum absolute atomic E-state index is 2.28. The van der Waals surface area contributed by atoms with Gasteiger partial charge in [0.15, 0.2) is 0 Å². The third kappa shape index (κ3) is 3.76. The Kier molecular flexibility index (Phi) is 5.44. The van der Waals surface area contributed by atoms with E-state index in [-0.39, 0.29) is 0 Å². The summed E-state index contributed by atoms with van der Waals surface area (Å²) in [6, 6.07) is 34.6. The summed E-state index contributed by atoms with van der Waals surface area (Å²) in [5.41, 5.74) is 7.62. The van der Waals surface area contributed by atoms with Crippen LogP contribution in [0.4, 0.5) is 0 Å². The molecule has 0 fully saturated rings. The van der Waals surface area contributed by atoms with E-state index in [2.05, 4.69) is 135 Å². The van der Waals surface area contributed by atoms with Crippen LogP contribution in [0.15, 0.2) is 97.1 Å². The summed E-state index contributed by atoms with van der Waals surface area (Å²) in [6.45, 7) is 4.32. The molecular formula is C32H26. The molecule has 0 aliphatic carbocycles. The zero-order valence-electron chi connectivity index (χ0n) is 18.5. The van der Waals surface area contributed by atoms with Crippen molar-refractivity contribution in [2.75, 3.05) is 0 Å². The summed E-state index contributed by atoms with van der Waals surface area (Å²) >= 11 is 0. The molecule has 0 bridgehead atoms. The lowest BCUT2D eigenvalue weighted by Gasteiger charge is -2.13. The van der Waals surface area contributed by atoms with Crippen molar-refractivity contribution in [2.45, 2.75) is 13.8 Å². The quantitative estimate of drug-likeness (QED) is 0.205. The highest BCUT2D eigenvalue weighted by molar-refractivity contribution is 6.14. The first-order chi connectivity index (χ1) is 15.7. The smallest absolute Gasteiger partial charge is 0.00987 e. The number of aryl methyl sites for hydroxylation is 2. The van der Waals surface area contributed by atoms with E-state index >= 15 is 0 Å². The Labute approximate surface area is 190 Å². The van der Waals surface area contributed by atoms with Crippen LogP contribution >= 0.6 is 0 Å². The molecule has 32 heavy (non-hydrogen) atoms. The van der Waals surface area contributed by atoms with Gasteiger partial charge >= 0.3 is 0 Å². The lowest BCUT2D eigenvalue weighted by atomic mass is 9.90. The van der Waals surface area contributed by atoms with E-state index in [1.54, 1.807) is 0 Å². The largest absolute Gasteiger partial charge is 0.0620 e. The summed E-state index contributed by atoms with van der Waals surface area (Å²) in [5, 5.41) is 5.11. The van der Waals surface area contributed by atoms with Crippen LogP contribution in [0.3, 0.4) is 0 Å². The Morgan fingerprint density at radius 2 is 0.688 bits per heavy atom. The van der Waals surface area contributed by atoms with Crippen molar-refractivity contribution < 1.29 is 0 Å². The summed E-state index contributed by atoms with van der Waals surface area (Å²) in [5.74, 6) is 0. The first-order valence-corrected chi connectivity index (χ1v) is 11.1. The van der Waals surface area contributed by atoms with Crippen molar-refractivity contribution >= 4 is 45.8 Å². The highest BCUT2D eigenvalue weighted by Crippen LogP contribution is 2.35. The van der Waals surface area contributed by atoms with Crippen LogP contribution in [0.5, 0.6) is 0 Å². The van der Waals surface area contributed by atoms with Gasteiger partial charge in [0, 0.05) is 0 Å². The van der Waals surface area contributed by atoms with Gasteiger partial charge in [-0.2, -0.15) is 0 Å². The van der Waals surface area contributed by atoms with Gasteiger partial charge in [-0.25, -0.2) is 0 Å². The van der Waals surface area contributed by atoms with Gasteiger partial charge in [0.2, 0.25) is 0 Å². The molecule has 0 amide bonds. The van der Waals surface area contributed by atoms with Crippen molar-refractivity contribution in [3.63, 3.8) is 0 Å². The molecule has 0 heteroatoms. The predicted molar refractivity (Wildman–Crippen MR) is 142 cm³/mol. The fraction of sp³-hybridized carbons (Fsp3) is 0.0625. The Morgan fingerprint density at radius 3 is 1.03 bits per heavy atom. The second-order valence-electron chi connectivity index (χ2n) is 8.30. The molecule has 0 spiro atoms. The lowest BCUT2D eigenvalue weighted by Crippen LogP contribution is -1.89. The number of hydrogen-bond donors (Lipinski definition) is 0. The van der Waals surface area contributed by atoms with Gasteiger partial charge in [-0.15, -0.1) is 0 Å². The van der Waals surface area contributed by atoms with Crippen molar-refractivity contribution in [1.29, 1.82) is 0 Å². The van der Waals surface area contributed by atoms with Crippen molar-refractivity contribution in [3.8, 4) is 0 Å². The van der Waals surface area contributed by atoms with Crippen LogP contribution in [0.25, 0.3) is 45.8 Å². The average molecular weight is 411 g/mol. The van der Waals surface area contributed by atoms with Crippen LogP contribution in [0.1, 0.15) is 33.4 Å². The second-order valence-corrected chi connectivity index (χ2v) is 8.30. The number of fused-ring (bicyclic) bond motifs is 2. The fourth-order valence-electron chi connectivity index (χ4n) is 4.45. The molecule has 0 aromatic heterocycles. The minimum Gasteiger partial charge on any atom is -0.0620 e. The average Bonchev–Trinajstić information content (AvgIpc) is 2.83. The first-order valence-electron chi connectivity index (χ1n) is 11.1. The second kappa shape index (κ2) is 8.69. The zero-order valence-corrected chi connectivity index (χ0v) is 18.5. The molecular weight excluding hydrogens is 384 g/mol. The third-order valence-corrected chi connectivity index (χ3v) is 6.25. The number of rotatable bonds is 4. The maximum Gasteiger partial charge on any atom is -0.00987 e. The summed E-state index contributed by atoms with van der Waals surface area (Å²) < 4.78 is 0. The minimum atomic E-state index is 1.25. The summed E-state index contributed by atoms with van der Waals surface area (Å²) in [4.78, 5) is 0. The molecule has 0 nitrogen and oxygen atoms in total. The van der Waals surface area contributed by atoms with Gasteiger partial charge in [-0.05, 0) is 68.8 Å². The molecule has 0 atom stereocenters. The lowest BCUT2D eigenvalue weighted by molar-refractivity contribution is 1.45. The molecule has 154 valence electrons. The number of hydrogen-bond acceptors (Lipinski definition) is 0. The van der Waals surface area contributed by atoms with E-state index in [0.717, 1.165) is 0 Å². The van der Waals surface area contributed by atoms with Crippen LogP contribution < -0.4 is 0 Å². The molecule has 0 heterocycles. The van der Waals surface area contributed by atoms with Crippen LogP contribution in [0, 0.1) is 13.8 Å². The predicted octanol–water partition coefficient (Wildman–Crippen LogP) is 8.95. The molecule has 5 aromatic rings. The normalized spacial score (nSPS) is 11.8.